The molecule has 0 saturated heterocycles. The number of aryl methyl sites for hydroxylation is 2. The van der Waals surface area contributed by atoms with Crippen molar-refractivity contribution in [1.29, 1.82) is 0 Å². The highest BCUT2D eigenvalue weighted by molar-refractivity contribution is 7.84. The molecule has 4 rings (SSSR count). The molecule has 1 aromatic carbocycles. The molecule has 1 aromatic rings. The van der Waals surface area contributed by atoms with Crippen LogP contribution in [0, 0.1) is 17.3 Å². The van der Waals surface area contributed by atoms with E-state index in [-0.39, 0.29) is 17.5 Å². The van der Waals surface area contributed by atoms with Crippen molar-refractivity contribution in [2.24, 2.45) is 22.4 Å². The van der Waals surface area contributed by atoms with Crippen molar-refractivity contribution in [3.63, 3.8) is 0 Å². The molecule has 0 amide bonds. The van der Waals surface area contributed by atoms with E-state index in [0.29, 0.717) is 29.9 Å². The van der Waals surface area contributed by atoms with Crippen LogP contribution in [0.3, 0.4) is 0 Å². The number of carbonyl (C=O) groups excluding carboxylic acids is 1. The van der Waals surface area contributed by atoms with E-state index >= 15 is 0 Å². The summed E-state index contributed by atoms with van der Waals surface area (Å²) < 4.78 is 33.7. The van der Waals surface area contributed by atoms with E-state index in [9.17, 15) is 13.2 Å². The van der Waals surface area contributed by atoms with Gasteiger partial charge in [0.2, 0.25) is 0 Å². The number of ether oxygens (including phenoxy) is 1. The van der Waals surface area contributed by atoms with Gasteiger partial charge in [0.1, 0.15) is 11.9 Å². The molecule has 7 heteroatoms. The zero-order chi connectivity index (χ0) is 21.0. The van der Waals surface area contributed by atoms with Crippen LogP contribution in [0.1, 0.15) is 75.5 Å². The number of hydrogen-bond acceptors (Lipinski definition) is 5. The molecule has 5 atom stereocenters. The number of nitrogens with two attached hydrogens (primary N) is 1. The van der Waals surface area contributed by atoms with E-state index in [1.54, 1.807) is 0 Å². The Bertz CT molecular complexity index is 927. The van der Waals surface area contributed by atoms with E-state index < -0.39 is 10.3 Å². The van der Waals surface area contributed by atoms with Gasteiger partial charge < -0.3 is 8.92 Å². The van der Waals surface area contributed by atoms with Gasteiger partial charge in [-0.05, 0) is 85.5 Å². The highest BCUT2D eigenvalue weighted by Gasteiger charge is 2.56. The van der Waals surface area contributed by atoms with Crippen LogP contribution >= 0.6 is 0 Å². The fraction of sp³-hybridized carbons (Fsp3) is 0.682. The molecule has 0 radical (unpaired) electrons. The third kappa shape index (κ3) is 3.67. The molecule has 0 spiro atoms. The maximum atomic E-state index is 11.6. The van der Waals surface area contributed by atoms with E-state index in [1.165, 1.54) is 18.1 Å². The van der Waals surface area contributed by atoms with Crippen molar-refractivity contribution in [3.8, 4) is 5.75 Å². The SMILES string of the molecule is CCc1cc2c(cc1OS(N)(=O)=O)CC[C@@H]1[C@@H]2CC[C@]2(C)[C@@H](OC(C)=O)CC[C@@H]12. The number of benzene rings is 1. The van der Waals surface area contributed by atoms with Gasteiger partial charge >= 0.3 is 16.3 Å². The second-order valence-corrected chi connectivity index (χ2v) is 10.4. The molecule has 0 unspecified atom stereocenters. The van der Waals surface area contributed by atoms with Crippen molar-refractivity contribution in [3.05, 3.63) is 28.8 Å². The first-order valence-corrected chi connectivity index (χ1v) is 12.1. The molecule has 0 aliphatic heterocycles. The number of carbonyl (C=O) groups is 1. The van der Waals surface area contributed by atoms with E-state index in [0.717, 1.165) is 44.1 Å². The van der Waals surface area contributed by atoms with Gasteiger partial charge in [-0.2, -0.15) is 13.6 Å². The average Bonchev–Trinajstić information content (AvgIpc) is 2.95. The summed E-state index contributed by atoms with van der Waals surface area (Å²) in [4.78, 5) is 11.6. The lowest BCUT2D eigenvalue weighted by molar-refractivity contribution is -0.154. The van der Waals surface area contributed by atoms with Crippen LogP contribution in [0.4, 0.5) is 0 Å². The van der Waals surface area contributed by atoms with E-state index in [2.05, 4.69) is 13.0 Å². The summed E-state index contributed by atoms with van der Waals surface area (Å²) in [5.74, 6) is 1.80. The molecule has 3 aliphatic carbocycles. The van der Waals surface area contributed by atoms with Crippen LogP contribution in [-0.4, -0.2) is 20.5 Å². The Balaban J connectivity index is 1.65. The topological polar surface area (TPSA) is 95.7 Å². The standard InChI is InChI=1S/C22H31NO5S/c1-4-14-11-18-15(12-20(14)28-29(23,25)26)5-6-17-16(18)9-10-22(3)19(17)7-8-21(22)27-13(2)24/h11-12,16-17,19,21H,4-10H2,1-3H3,(H2,23,25,26)/t16-,17+,19-,21-,22-/m0/s1. The van der Waals surface area contributed by atoms with Gasteiger partial charge in [-0.1, -0.05) is 19.9 Å². The Labute approximate surface area is 173 Å². The average molecular weight is 422 g/mol. The first-order chi connectivity index (χ1) is 13.6. The van der Waals surface area contributed by atoms with Crippen LogP contribution in [-0.2, 0) is 32.7 Å². The third-order valence-corrected chi connectivity index (χ3v) is 8.13. The Hall–Kier alpha value is -1.60. The largest absolute Gasteiger partial charge is 0.462 e. The predicted molar refractivity (Wildman–Crippen MR) is 110 cm³/mol. The molecule has 0 bridgehead atoms. The lowest BCUT2D eigenvalue weighted by Crippen LogP contribution is -2.45. The van der Waals surface area contributed by atoms with Crippen molar-refractivity contribution in [2.75, 3.05) is 0 Å². The molecular weight excluding hydrogens is 390 g/mol. The highest BCUT2D eigenvalue weighted by Crippen LogP contribution is 2.61. The van der Waals surface area contributed by atoms with Crippen LogP contribution in [0.2, 0.25) is 0 Å². The summed E-state index contributed by atoms with van der Waals surface area (Å²) in [6, 6.07) is 4.03. The van der Waals surface area contributed by atoms with Crippen LogP contribution < -0.4 is 9.32 Å². The number of fused-ring (bicyclic) bond motifs is 5. The quantitative estimate of drug-likeness (QED) is 0.749. The minimum atomic E-state index is -4.04. The monoisotopic (exact) mass is 421 g/mol. The molecule has 2 fully saturated rings. The number of hydrogen-bond donors (Lipinski definition) is 1. The fourth-order valence-corrected chi connectivity index (χ4v) is 6.88. The van der Waals surface area contributed by atoms with Gasteiger partial charge in [0.05, 0.1) is 0 Å². The van der Waals surface area contributed by atoms with Gasteiger partial charge in [0.15, 0.2) is 0 Å². The summed E-state index contributed by atoms with van der Waals surface area (Å²) in [6.07, 6.45) is 6.89. The Morgan fingerprint density at radius 1 is 1.24 bits per heavy atom. The van der Waals surface area contributed by atoms with Gasteiger partial charge in [0, 0.05) is 12.3 Å². The molecule has 160 valence electrons. The first-order valence-electron chi connectivity index (χ1n) is 10.7. The van der Waals surface area contributed by atoms with Crippen LogP contribution in [0.25, 0.3) is 0 Å². The maximum Gasteiger partial charge on any atom is 0.380 e. The van der Waals surface area contributed by atoms with E-state index in [1.807, 2.05) is 13.0 Å². The third-order valence-electron chi connectivity index (χ3n) is 7.71. The van der Waals surface area contributed by atoms with Crippen molar-refractivity contribution < 1.29 is 22.1 Å². The van der Waals surface area contributed by atoms with E-state index in [4.69, 9.17) is 14.1 Å². The summed E-state index contributed by atoms with van der Waals surface area (Å²) in [6.45, 7) is 5.81. The summed E-state index contributed by atoms with van der Waals surface area (Å²) in [7, 11) is -4.04. The molecular formula is C22H31NO5S. The molecule has 3 aliphatic rings. The second-order valence-electron chi connectivity index (χ2n) is 9.22. The molecule has 6 nitrogen and oxygen atoms in total. The van der Waals surface area contributed by atoms with Gasteiger partial charge in [-0.25, -0.2) is 0 Å². The predicted octanol–water partition coefficient (Wildman–Crippen LogP) is 3.62. The first kappa shape index (κ1) is 20.7. The zero-order valence-corrected chi connectivity index (χ0v) is 18.3. The molecule has 0 heterocycles. The minimum Gasteiger partial charge on any atom is -0.462 e. The normalized spacial score (nSPS) is 33.4. The van der Waals surface area contributed by atoms with Gasteiger partial charge in [0.25, 0.3) is 0 Å². The van der Waals surface area contributed by atoms with Crippen LogP contribution in [0.5, 0.6) is 5.75 Å². The Kier molecular flexibility index (Phi) is 5.18. The van der Waals surface area contributed by atoms with Gasteiger partial charge in [-0.15, -0.1) is 0 Å². The fourth-order valence-electron chi connectivity index (χ4n) is 6.47. The summed E-state index contributed by atoms with van der Waals surface area (Å²) in [5, 5.41) is 5.11. The highest BCUT2D eigenvalue weighted by atomic mass is 32.2. The smallest absolute Gasteiger partial charge is 0.380 e. The Morgan fingerprint density at radius 2 is 2.00 bits per heavy atom. The molecule has 2 N–H and O–H groups in total. The lowest BCUT2D eigenvalue weighted by atomic mass is 9.55. The maximum absolute atomic E-state index is 11.6. The number of rotatable bonds is 4. The van der Waals surface area contributed by atoms with Crippen molar-refractivity contribution in [1.82, 2.24) is 0 Å². The minimum absolute atomic E-state index is 0.0316. The number of esters is 1. The van der Waals surface area contributed by atoms with Crippen molar-refractivity contribution >= 4 is 16.3 Å². The van der Waals surface area contributed by atoms with Crippen molar-refractivity contribution in [2.45, 2.75) is 77.7 Å². The zero-order valence-electron chi connectivity index (χ0n) is 17.4. The molecule has 2 saturated carbocycles. The Morgan fingerprint density at radius 3 is 2.66 bits per heavy atom. The van der Waals surface area contributed by atoms with Crippen LogP contribution in [0.15, 0.2) is 12.1 Å². The molecule has 29 heavy (non-hydrogen) atoms. The molecule has 0 aromatic heterocycles. The summed E-state index contributed by atoms with van der Waals surface area (Å²) in [5.41, 5.74) is 3.48. The van der Waals surface area contributed by atoms with Gasteiger partial charge in [-0.3, -0.25) is 4.79 Å². The lowest BCUT2D eigenvalue weighted by Gasteiger charge is -2.50. The second kappa shape index (κ2) is 7.27. The summed E-state index contributed by atoms with van der Waals surface area (Å²) >= 11 is 0.